The molecule has 12 nitrogen and oxygen atoms in total. The van der Waals surface area contributed by atoms with Crippen molar-refractivity contribution < 1.29 is 37.8 Å². The predicted octanol–water partition coefficient (Wildman–Crippen LogP) is 1.78. The molecule has 0 amide bonds. The summed E-state index contributed by atoms with van der Waals surface area (Å²) in [6.07, 6.45) is -1.83. The highest BCUT2D eigenvalue weighted by molar-refractivity contribution is 7.80. The van der Waals surface area contributed by atoms with Gasteiger partial charge in [-0.1, -0.05) is 41.5 Å². The predicted molar refractivity (Wildman–Crippen MR) is 124 cm³/mol. The minimum Gasteiger partial charge on any atom is -0.376 e. The fourth-order valence-corrected chi connectivity index (χ4v) is 4.16. The van der Waals surface area contributed by atoms with Gasteiger partial charge < -0.3 is 40.8 Å². The second-order valence-electron chi connectivity index (χ2n) is 8.34. The average molecular weight is 525 g/mol. The van der Waals surface area contributed by atoms with E-state index in [4.69, 9.17) is 45.0 Å². The van der Waals surface area contributed by atoms with Crippen LogP contribution in [-0.2, 0) is 18.2 Å². The molecule has 0 aromatic heterocycles. The molecule has 0 aliphatic heterocycles. The molecular weight excluding hydrogens is 490 g/mol. The van der Waals surface area contributed by atoms with Gasteiger partial charge in [-0.25, -0.2) is 9.13 Å². The first kappa shape index (κ1) is 30.6. The van der Waals surface area contributed by atoms with Gasteiger partial charge in [0.1, 0.15) is 12.5 Å². The van der Waals surface area contributed by atoms with E-state index < -0.39 is 45.6 Å². The molecule has 0 fully saturated rings. The second-order valence-corrected chi connectivity index (χ2v) is 11.6. The molecule has 16 heteroatoms. The Hall–Kier alpha value is -0.400. The van der Waals surface area contributed by atoms with Crippen LogP contribution in [0, 0.1) is 10.8 Å². The molecule has 0 aliphatic rings. The largest absolute Gasteiger partial charge is 0.471 e. The highest BCUT2D eigenvalue weighted by Gasteiger charge is 2.44. The van der Waals surface area contributed by atoms with Crippen molar-refractivity contribution in [3.8, 4) is 0 Å². The van der Waals surface area contributed by atoms with Crippen molar-refractivity contribution in [2.24, 2.45) is 22.3 Å². The third kappa shape index (κ3) is 9.95. The Morgan fingerprint density at radius 2 is 1.10 bits per heavy atom. The topological polar surface area (TPSA) is 192 Å². The third-order valence-corrected chi connectivity index (χ3v) is 6.49. The zero-order valence-corrected chi connectivity index (χ0v) is 21.9. The van der Waals surface area contributed by atoms with Gasteiger partial charge in [0.15, 0.2) is 10.2 Å². The molecule has 184 valence electrons. The van der Waals surface area contributed by atoms with Gasteiger partial charge >= 0.3 is 15.6 Å². The van der Waals surface area contributed by atoms with Crippen LogP contribution in [0.2, 0.25) is 0 Å². The molecule has 0 saturated heterocycles. The van der Waals surface area contributed by atoms with Gasteiger partial charge in [0.05, 0.1) is 6.67 Å². The Bertz CT molecular complexity index is 683. The van der Waals surface area contributed by atoms with Crippen LogP contribution in [0.25, 0.3) is 0 Å². The summed E-state index contributed by atoms with van der Waals surface area (Å²) in [5.74, 6) is 0. The summed E-state index contributed by atoms with van der Waals surface area (Å²) in [4.78, 5) is 40.0. The van der Waals surface area contributed by atoms with E-state index in [1.807, 2.05) is 0 Å². The van der Waals surface area contributed by atoms with Crippen molar-refractivity contribution in [3.63, 3.8) is 0 Å². The molecule has 0 spiro atoms. The van der Waals surface area contributed by atoms with Crippen molar-refractivity contribution in [2.45, 2.75) is 66.8 Å². The molecule has 0 heterocycles. The zero-order chi connectivity index (χ0) is 25.0. The molecule has 0 radical (unpaired) electrons. The number of phosphoric ester groups is 2. The molecule has 0 bridgehead atoms. The average Bonchev–Trinajstić information content (AvgIpc) is 2.57. The monoisotopic (exact) mass is 524 g/mol. The summed E-state index contributed by atoms with van der Waals surface area (Å²) in [6.45, 7) is 9.88. The molecule has 2 atom stereocenters. The molecule has 0 rings (SSSR count). The molecule has 2 unspecified atom stereocenters. The summed E-state index contributed by atoms with van der Waals surface area (Å²) in [5.41, 5.74) is 9.95. The zero-order valence-electron chi connectivity index (χ0n) is 18.5. The van der Waals surface area contributed by atoms with Crippen LogP contribution in [0.3, 0.4) is 0 Å². The summed E-state index contributed by atoms with van der Waals surface area (Å²) in [6, 6.07) is 0. The number of rotatable bonds is 12. The van der Waals surface area contributed by atoms with Crippen LogP contribution in [0.5, 0.6) is 0 Å². The SMILES string of the molecule is CCC(C)(C)C(OP(=O)(O)O)N(CN(C(N)=S)C(OP(=O)(O)O)C(C)(C)CC)C(N)=S. The standard InChI is InChI=1S/C15H34N4O8P2S2/c1-7-14(3,4)10(26-28(20,21)22)18(12(16)30)9-19(13(17)31)11(15(5,6)8-2)27-29(23,24)25/h10-11H,7-9H2,1-6H3,(H2,16,30)(H2,17,31)(H2,20,21,22)(H2,23,24,25). The lowest BCUT2D eigenvalue weighted by molar-refractivity contribution is -0.0904. The van der Waals surface area contributed by atoms with Crippen LogP contribution in [0.1, 0.15) is 54.4 Å². The first-order valence-corrected chi connectivity index (χ1v) is 13.2. The van der Waals surface area contributed by atoms with E-state index in [0.717, 1.165) is 9.80 Å². The molecular formula is C15H34N4O8P2S2. The molecule has 0 saturated carbocycles. The van der Waals surface area contributed by atoms with Gasteiger partial charge in [-0.15, -0.1) is 0 Å². The molecule has 31 heavy (non-hydrogen) atoms. The number of phosphoric acid groups is 2. The lowest BCUT2D eigenvalue weighted by atomic mass is 9.87. The number of hydrogen-bond acceptors (Lipinski definition) is 6. The Morgan fingerprint density at radius 1 is 0.839 bits per heavy atom. The Kier molecular flexibility index (Phi) is 11.0. The van der Waals surface area contributed by atoms with E-state index in [1.54, 1.807) is 41.5 Å². The number of nitrogens with two attached hydrogens (primary N) is 2. The highest BCUT2D eigenvalue weighted by Crippen LogP contribution is 2.46. The van der Waals surface area contributed by atoms with E-state index in [2.05, 4.69) is 0 Å². The van der Waals surface area contributed by atoms with Gasteiger partial charge in [-0.05, 0) is 37.3 Å². The normalized spacial score (nSPS) is 15.3. The summed E-state index contributed by atoms with van der Waals surface area (Å²) in [7, 11) is -9.97. The fourth-order valence-electron chi connectivity index (χ4n) is 2.54. The van der Waals surface area contributed by atoms with Crippen molar-refractivity contribution in [3.05, 3.63) is 0 Å². The number of hydrogen-bond donors (Lipinski definition) is 6. The number of nitrogens with zero attached hydrogens (tertiary/aromatic N) is 2. The number of thiocarbonyl (C=S) groups is 2. The van der Waals surface area contributed by atoms with Crippen LogP contribution in [0.15, 0.2) is 0 Å². The summed E-state index contributed by atoms with van der Waals surface area (Å²) in [5, 5.41) is -0.601. The van der Waals surface area contributed by atoms with Gasteiger partial charge in [-0.3, -0.25) is 9.05 Å². The smallest absolute Gasteiger partial charge is 0.376 e. The van der Waals surface area contributed by atoms with Crippen molar-refractivity contribution in [1.82, 2.24) is 9.80 Å². The van der Waals surface area contributed by atoms with Crippen LogP contribution in [-0.4, -0.2) is 58.7 Å². The minimum atomic E-state index is -4.98. The van der Waals surface area contributed by atoms with E-state index in [1.165, 1.54) is 0 Å². The minimum absolute atomic E-state index is 0.301. The maximum Gasteiger partial charge on any atom is 0.471 e. The summed E-state index contributed by atoms with van der Waals surface area (Å²) >= 11 is 10.2. The Morgan fingerprint density at radius 3 is 1.26 bits per heavy atom. The van der Waals surface area contributed by atoms with Gasteiger partial charge in [0.2, 0.25) is 0 Å². The van der Waals surface area contributed by atoms with Crippen LogP contribution >= 0.6 is 40.1 Å². The van der Waals surface area contributed by atoms with Gasteiger partial charge in [-0.2, -0.15) is 0 Å². The van der Waals surface area contributed by atoms with E-state index in [-0.39, 0.29) is 10.2 Å². The van der Waals surface area contributed by atoms with Crippen molar-refractivity contribution in [2.75, 3.05) is 6.67 Å². The van der Waals surface area contributed by atoms with Gasteiger partial charge in [0.25, 0.3) is 0 Å². The molecule has 0 aliphatic carbocycles. The van der Waals surface area contributed by atoms with Crippen LogP contribution < -0.4 is 11.5 Å². The van der Waals surface area contributed by atoms with Crippen LogP contribution in [0.4, 0.5) is 0 Å². The Balaban J connectivity index is 6.48. The van der Waals surface area contributed by atoms with Crippen molar-refractivity contribution in [1.29, 1.82) is 0 Å². The van der Waals surface area contributed by atoms with E-state index in [9.17, 15) is 28.7 Å². The first-order valence-electron chi connectivity index (χ1n) is 9.28. The molecule has 8 N–H and O–H groups in total. The quantitative estimate of drug-likeness (QED) is 0.123. The maximum absolute atomic E-state index is 11.6. The van der Waals surface area contributed by atoms with Gasteiger partial charge in [0, 0.05) is 10.8 Å². The lowest BCUT2D eigenvalue weighted by Gasteiger charge is -2.47. The van der Waals surface area contributed by atoms with E-state index in [0.29, 0.717) is 12.8 Å². The molecule has 0 aromatic carbocycles. The summed E-state index contributed by atoms with van der Waals surface area (Å²) < 4.78 is 33.3. The first-order chi connectivity index (χ1) is 13.7. The second kappa shape index (κ2) is 11.1. The van der Waals surface area contributed by atoms with E-state index >= 15 is 0 Å². The fraction of sp³-hybridized carbons (Fsp3) is 0.867. The highest BCUT2D eigenvalue weighted by atomic mass is 32.1. The lowest BCUT2D eigenvalue weighted by Crippen LogP contribution is -2.60. The third-order valence-electron chi connectivity index (χ3n) is 5.07. The maximum atomic E-state index is 11.6. The molecule has 0 aromatic rings. The Labute approximate surface area is 193 Å². The van der Waals surface area contributed by atoms with Crippen molar-refractivity contribution >= 4 is 50.3 Å².